The number of aryl methyl sites for hydroxylation is 2. The summed E-state index contributed by atoms with van der Waals surface area (Å²) < 4.78 is 5.03. The van der Waals surface area contributed by atoms with E-state index in [0.29, 0.717) is 15.6 Å². The van der Waals surface area contributed by atoms with Crippen LogP contribution in [0.25, 0.3) is 6.08 Å². The molecule has 1 N–H and O–H groups in total. The number of halogens is 1. The van der Waals surface area contributed by atoms with Gasteiger partial charge in [-0.15, -0.1) is 0 Å². The number of hydrogen-bond acceptors (Lipinski definition) is 6. The van der Waals surface area contributed by atoms with Gasteiger partial charge in [-0.25, -0.2) is 4.99 Å². The summed E-state index contributed by atoms with van der Waals surface area (Å²) in [7, 11) is 0. The minimum absolute atomic E-state index is 0.230. The third kappa shape index (κ3) is 4.94. The number of carboxylic acids is 1. The second-order valence-electron chi connectivity index (χ2n) is 6.10. The smallest absolute Gasteiger partial charge is 0.264 e. The van der Waals surface area contributed by atoms with Crippen LogP contribution >= 0.6 is 23.4 Å². The number of aliphatic imine (C=N–C) groups is 1. The van der Waals surface area contributed by atoms with E-state index in [1.165, 1.54) is 17.3 Å². The number of carboxylic acid groups (broad SMARTS) is 1. The molecule has 2 aromatic carbocycles. The maximum Gasteiger partial charge on any atom is 0.264 e. The lowest BCUT2D eigenvalue weighted by Crippen LogP contribution is -2.28. The van der Waals surface area contributed by atoms with E-state index < -0.39 is 12.6 Å². The molecule has 2 aromatic rings. The van der Waals surface area contributed by atoms with Crippen LogP contribution in [0.15, 0.2) is 46.3 Å². The molecule has 1 aliphatic rings. The zero-order valence-electron chi connectivity index (χ0n) is 15.1. The van der Waals surface area contributed by atoms with Crippen molar-refractivity contribution in [1.82, 2.24) is 5.32 Å². The van der Waals surface area contributed by atoms with Gasteiger partial charge >= 0.3 is 0 Å². The highest BCUT2D eigenvalue weighted by atomic mass is 35.5. The predicted molar refractivity (Wildman–Crippen MR) is 109 cm³/mol. The fraction of sp³-hybridized carbons (Fsp3) is 0.150. The van der Waals surface area contributed by atoms with Crippen molar-refractivity contribution in [3.8, 4) is 5.75 Å². The molecule has 0 spiro atoms. The van der Waals surface area contributed by atoms with Crippen molar-refractivity contribution in [2.75, 3.05) is 6.61 Å². The Morgan fingerprint density at radius 2 is 2.04 bits per heavy atom. The molecule has 3 rings (SSSR count). The quantitative estimate of drug-likeness (QED) is 0.758. The summed E-state index contributed by atoms with van der Waals surface area (Å²) in [5.74, 6) is -1.36. The predicted octanol–water partition coefficient (Wildman–Crippen LogP) is 2.98. The number of carbonyl (C=O) groups is 2. The summed E-state index contributed by atoms with van der Waals surface area (Å²) in [6.07, 6.45) is 1.68. The number of aliphatic carboxylic acids is 1. The lowest BCUT2D eigenvalue weighted by Gasteiger charge is -2.08. The Morgan fingerprint density at radius 3 is 2.71 bits per heavy atom. The Kier molecular flexibility index (Phi) is 6.06. The van der Waals surface area contributed by atoms with Crippen molar-refractivity contribution in [1.29, 1.82) is 0 Å². The number of thioether (sulfide) groups is 1. The average molecular weight is 416 g/mol. The van der Waals surface area contributed by atoms with E-state index in [1.807, 2.05) is 32.0 Å². The Morgan fingerprint density at radius 1 is 1.25 bits per heavy atom. The van der Waals surface area contributed by atoms with Gasteiger partial charge < -0.3 is 20.0 Å². The van der Waals surface area contributed by atoms with E-state index in [4.69, 9.17) is 16.3 Å². The first-order chi connectivity index (χ1) is 13.3. The monoisotopic (exact) mass is 415 g/mol. The number of nitrogens with zero attached hydrogens (tertiary/aromatic N) is 1. The molecule has 144 valence electrons. The zero-order valence-corrected chi connectivity index (χ0v) is 16.7. The summed E-state index contributed by atoms with van der Waals surface area (Å²) in [6.45, 7) is 3.45. The van der Waals surface area contributed by atoms with E-state index in [2.05, 4.69) is 10.3 Å². The number of rotatable bonds is 5. The highest BCUT2D eigenvalue weighted by Gasteiger charge is 2.24. The van der Waals surface area contributed by atoms with Crippen LogP contribution in [0.5, 0.6) is 5.75 Å². The maximum atomic E-state index is 12.2. The molecule has 0 atom stereocenters. The molecule has 0 saturated carbocycles. The highest BCUT2D eigenvalue weighted by molar-refractivity contribution is 8.18. The second kappa shape index (κ2) is 8.50. The normalized spacial score (nSPS) is 16.5. The largest absolute Gasteiger partial charge is 0.546 e. The fourth-order valence-corrected chi connectivity index (χ4v) is 3.49. The van der Waals surface area contributed by atoms with Crippen molar-refractivity contribution >= 4 is 52.2 Å². The molecule has 1 fully saturated rings. The Hall–Kier alpha value is -2.77. The molecule has 1 aliphatic heterocycles. The molecular weight excluding hydrogens is 400 g/mol. The van der Waals surface area contributed by atoms with Gasteiger partial charge in [-0.2, -0.15) is 0 Å². The summed E-state index contributed by atoms with van der Waals surface area (Å²) in [5, 5.41) is 13.9. The molecular formula is C20H16ClN2O4S-. The van der Waals surface area contributed by atoms with Crippen LogP contribution in [0.4, 0.5) is 5.69 Å². The van der Waals surface area contributed by atoms with Crippen LogP contribution in [-0.2, 0) is 9.59 Å². The van der Waals surface area contributed by atoms with Crippen LogP contribution in [0.3, 0.4) is 0 Å². The standard InChI is InChI=1S/C20H17ClN2O4S/c1-11-3-5-14(7-12(11)2)22-20-23-19(26)17(28-20)9-13-4-6-16(15(21)8-13)27-10-18(24)25/h3-9H,10H2,1-2H3,(H,24,25)(H,22,23,26)/p-1/b17-9+. The molecule has 0 aromatic heterocycles. The topological polar surface area (TPSA) is 90.8 Å². The number of carbonyl (C=O) groups excluding carboxylic acids is 2. The Labute approximate surface area is 171 Å². The average Bonchev–Trinajstić information content (AvgIpc) is 2.96. The first-order valence-electron chi connectivity index (χ1n) is 8.31. The molecule has 0 bridgehead atoms. The highest BCUT2D eigenvalue weighted by Crippen LogP contribution is 2.31. The van der Waals surface area contributed by atoms with Crippen molar-refractivity contribution in [3.63, 3.8) is 0 Å². The maximum absolute atomic E-state index is 12.2. The van der Waals surface area contributed by atoms with Crippen molar-refractivity contribution in [2.24, 2.45) is 4.99 Å². The molecule has 0 radical (unpaired) electrons. The molecule has 1 saturated heterocycles. The van der Waals surface area contributed by atoms with Crippen molar-refractivity contribution < 1.29 is 19.4 Å². The lowest BCUT2D eigenvalue weighted by molar-refractivity contribution is -0.307. The molecule has 0 aliphatic carbocycles. The minimum Gasteiger partial charge on any atom is -0.546 e. The van der Waals surface area contributed by atoms with Crippen LogP contribution in [-0.4, -0.2) is 23.7 Å². The number of amidine groups is 1. The Bertz CT molecular complexity index is 1020. The van der Waals surface area contributed by atoms with Crippen LogP contribution in [0.2, 0.25) is 5.02 Å². The second-order valence-corrected chi connectivity index (χ2v) is 7.54. The van der Waals surface area contributed by atoms with Crippen molar-refractivity contribution in [3.05, 3.63) is 63.0 Å². The number of hydrogen-bond donors (Lipinski definition) is 1. The third-order valence-corrected chi connectivity index (χ3v) is 5.18. The third-order valence-electron chi connectivity index (χ3n) is 3.97. The van der Waals surface area contributed by atoms with Gasteiger partial charge in [-0.3, -0.25) is 4.79 Å². The summed E-state index contributed by atoms with van der Waals surface area (Å²) in [6, 6.07) is 10.6. The van der Waals surface area contributed by atoms with Crippen LogP contribution in [0.1, 0.15) is 16.7 Å². The van der Waals surface area contributed by atoms with E-state index in [0.717, 1.165) is 11.3 Å². The van der Waals surface area contributed by atoms with Gasteiger partial charge in [0.1, 0.15) is 12.4 Å². The van der Waals surface area contributed by atoms with Gasteiger partial charge in [0.05, 0.1) is 21.6 Å². The van der Waals surface area contributed by atoms with Crippen LogP contribution in [0, 0.1) is 13.8 Å². The van der Waals surface area contributed by atoms with Gasteiger partial charge in [0.25, 0.3) is 5.91 Å². The number of ether oxygens (including phenoxy) is 1. The summed E-state index contributed by atoms with van der Waals surface area (Å²) in [5.41, 5.74) is 3.75. The van der Waals surface area contributed by atoms with Gasteiger partial charge in [0.15, 0.2) is 5.17 Å². The van der Waals surface area contributed by atoms with E-state index in [9.17, 15) is 14.7 Å². The number of nitrogens with one attached hydrogen (secondary N) is 1. The van der Waals surface area contributed by atoms with E-state index in [-0.39, 0.29) is 16.7 Å². The van der Waals surface area contributed by atoms with Crippen LogP contribution < -0.4 is 15.2 Å². The lowest BCUT2D eigenvalue weighted by atomic mass is 10.1. The molecule has 6 nitrogen and oxygen atoms in total. The molecule has 1 amide bonds. The number of amides is 1. The van der Waals surface area contributed by atoms with Gasteiger partial charge in [-0.1, -0.05) is 23.7 Å². The fourth-order valence-electron chi connectivity index (χ4n) is 2.40. The first kappa shape index (κ1) is 20.0. The molecule has 1 heterocycles. The summed E-state index contributed by atoms with van der Waals surface area (Å²) >= 11 is 7.33. The molecule has 28 heavy (non-hydrogen) atoms. The van der Waals surface area contributed by atoms with E-state index >= 15 is 0 Å². The number of benzene rings is 2. The summed E-state index contributed by atoms with van der Waals surface area (Å²) in [4.78, 5) is 27.6. The minimum atomic E-state index is -1.34. The van der Waals surface area contributed by atoms with E-state index in [1.54, 1.807) is 24.3 Å². The Balaban J connectivity index is 1.76. The van der Waals surface area contributed by atoms with Gasteiger partial charge in [0, 0.05) is 0 Å². The first-order valence-corrected chi connectivity index (χ1v) is 9.50. The zero-order chi connectivity index (χ0) is 20.3. The van der Waals surface area contributed by atoms with Gasteiger partial charge in [0.2, 0.25) is 0 Å². The van der Waals surface area contributed by atoms with Gasteiger partial charge in [-0.05, 0) is 72.6 Å². The van der Waals surface area contributed by atoms with Crippen molar-refractivity contribution in [2.45, 2.75) is 13.8 Å². The SMILES string of the molecule is Cc1ccc(N=C2NC(=O)/C(=C\c3ccc(OCC(=O)[O-])c(Cl)c3)S2)cc1C. The molecule has 0 unspecified atom stereocenters. The molecule has 8 heteroatoms.